The number of amides is 1. The molecule has 0 fully saturated rings. The number of likely N-dealkylation sites (N-methyl/N-ethyl adjacent to an activating group) is 1. The normalized spacial score (nSPS) is 11.8. The highest BCUT2D eigenvalue weighted by Crippen LogP contribution is 2.28. The number of aromatic nitrogens is 3. The van der Waals surface area contributed by atoms with Gasteiger partial charge in [-0.05, 0) is 49.2 Å². The Hall–Kier alpha value is -3.91. The number of carbonyl (C=O) groups is 2. The molecule has 2 aromatic heterocycles. The Morgan fingerprint density at radius 2 is 1.76 bits per heavy atom. The van der Waals surface area contributed by atoms with Crippen LogP contribution in [0.2, 0.25) is 0 Å². The van der Waals surface area contributed by atoms with Crippen molar-refractivity contribution in [3.8, 4) is 11.3 Å². The Bertz CT molecular complexity index is 1450. The quantitative estimate of drug-likeness (QED) is 0.300. The number of hydrogen-bond acceptors (Lipinski definition) is 5. The van der Waals surface area contributed by atoms with Gasteiger partial charge in [-0.1, -0.05) is 57.2 Å². The summed E-state index contributed by atoms with van der Waals surface area (Å²) in [7, 11) is 3.87. The van der Waals surface area contributed by atoms with Gasteiger partial charge in [-0.2, -0.15) is 0 Å². The van der Waals surface area contributed by atoms with Crippen LogP contribution in [-0.4, -0.2) is 58.7 Å². The van der Waals surface area contributed by atoms with Gasteiger partial charge in [0, 0.05) is 36.0 Å². The number of rotatable bonds is 9. The molecule has 0 saturated heterocycles. The van der Waals surface area contributed by atoms with Crippen molar-refractivity contribution < 1.29 is 14.0 Å². The topological polar surface area (TPSA) is 91.0 Å². The highest BCUT2D eigenvalue weighted by Gasteiger charge is 2.17. The number of hydrogen-bond donors (Lipinski definition) is 2. The molecule has 2 aromatic carbocycles. The van der Waals surface area contributed by atoms with Crippen molar-refractivity contribution >= 4 is 22.7 Å². The van der Waals surface area contributed by atoms with Gasteiger partial charge in [0.05, 0.1) is 5.69 Å². The number of H-pyrrole nitrogens is 1. The summed E-state index contributed by atoms with van der Waals surface area (Å²) < 4.78 is 15.1. The predicted octanol–water partition coefficient (Wildman–Crippen LogP) is 5.17. The van der Waals surface area contributed by atoms with Crippen LogP contribution in [0.1, 0.15) is 59.2 Å². The molecule has 0 spiro atoms. The first-order chi connectivity index (χ1) is 18.0. The van der Waals surface area contributed by atoms with Gasteiger partial charge in [-0.3, -0.25) is 9.59 Å². The second kappa shape index (κ2) is 11.2. The van der Waals surface area contributed by atoms with Crippen LogP contribution in [0.15, 0.2) is 54.9 Å². The van der Waals surface area contributed by atoms with Gasteiger partial charge in [0.2, 0.25) is 0 Å². The van der Waals surface area contributed by atoms with Crippen LogP contribution in [0.5, 0.6) is 0 Å². The minimum Gasteiger partial charge on any atom is -0.349 e. The molecule has 0 aliphatic heterocycles. The van der Waals surface area contributed by atoms with E-state index in [1.54, 1.807) is 18.2 Å². The summed E-state index contributed by atoms with van der Waals surface area (Å²) in [5.74, 6) is -0.660. The molecule has 8 heteroatoms. The standard InChI is InChI=1S/C30H34FN5O2/c1-30(2,3)22-11-8-20(9-12-22)26(37)13-10-19-6-7-21(16-24(19)31)27-23-17-25(35-28(23)34-18-33-27)29(38)32-14-15-36(4)5/h6-9,11-12,16-18H,10,13-15H2,1-5H3,(H,32,38)(H,33,34,35). The van der Waals surface area contributed by atoms with Crippen molar-refractivity contribution in [2.75, 3.05) is 27.2 Å². The number of aromatic amines is 1. The minimum atomic E-state index is -0.401. The maximum absolute atomic E-state index is 15.1. The van der Waals surface area contributed by atoms with Gasteiger partial charge >= 0.3 is 0 Å². The van der Waals surface area contributed by atoms with E-state index in [1.807, 2.05) is 43.3 Å². The number of benzene rings is 2. The Morgan fingerprint density at radius 3 is 2.42 bits per heavy atom. The highest BCUT2D eigenvalue weighted by molar-refractivity contribution is 6.00. The summed E-state index contributed by atoms with van der Waals surface area (Å²) in [4.78, 5) is 38.8. The first-order valence-corrected chi connectivity index (χ1v) is 12.7. The van der Waals surface area contributed by atoms with Gasteiger partial charge in [-0.25, -0.2) is 14.4 Å². The van der Waals surface area contributed by atoms with Crippen LogP contribution < -0.4 is 5.32 Å². The number of nitrogens with one attached hydrogen (secondary N) is 2. The van der Waals surface area contributed by atoms with E-state index in [9.17, 15) is 9.59 Å². The van der Waals surface area contributed by atoms with E-state index in [0.717, 1.165) is 12.1 Å². The number of ketones is 1. The van der Waals surface area contributed by atoms with E-state index in [-0.39, 0.29) is 23.5 Å². The Morgan fingerprint density at radius 1 is 1.03 bits per heavy atom. The molecule has 0 unspecified atom stereocenters. The van der Waals surface area contributed by atoms with Crippen molar-refractivity contribution in [3.05, 3.63) is 83.1 Å². The second-order valence-electron chi connectivity index (χ2n) is 10.8. The van der Waals surface area contributed by atoms with Gasteiger partial charge in [0.25, 0.3) is 5.91 Å². The fourth-order valence-corrected chi connectivity index (χ4v) is 4.23. The molecule has 198 valence electrons. The number of Topliss-reactive ketones (excluding diaryl/α,β-unsaturated/α-hetero) is 1. The van der Waals surface area contributed by atoms with Crippen molar-refractivity contribution in [2.24, 2.45) is 0 Å². The summed E-state index contributed by atoms with van der Waals surface area (Å²) in [6.07, 6.45) is 1.90. The van der Waals surface area contributed by atoms with E-state index < -0.39 is 5.82 Å². The fraction of sp³-hybridized carbons (Fsp3) is 0.333. The zero-order valence-corrected chi connectivity index (χ0v) is 22.6. The molecule has 38 heavy (non-hydrogen) atoms. The summed E-state index contributed by atoms with van der Waals surface area (Å²) in [5.41, 5.74) is 4.24. The van der Waals surface area contributed by atoms with Crippen LogP contribution in [0.25, 0.3) is 22.3 Å². The van der Waals surface area contributed by atoms with Gasteiger partial charge in [-0.15, -0.1) is 0 Å². The van der Waals surface area contributed by atoms with E-state index in [1.165, 1.54) is 12.4 Å². The minimum absolute atomic E-state index is 0.0159. The third-order valence-corrected chi connectivity index (χ3v) is 6.54. The van der Waals surface area contributed by atoms with Crippen molar-refractivity contribution in [1.82, 2.24) is 25.2 Å². The molecule has 4 aromatic rings. The van der Waals surface area contributed by atoms with E-state index in [2.05, 4.69) is 41.0 Å². The molecule has 7 nitrogen and oxygen atoms in total. The summed E-state index contributed by atoms with van der Waals surface area (Å²) in [5, 5.41) is 3.49. The van der Waals surface area contributed by atoms with Crippen LogP contribution in [0, 0.1) is 5.82 Å². The number of fused-ring (bicyclic) bond motifs is 1. The molecular weight excluding hydrogens is 481 g/mol. The van der Waals surface area contributed by atoms with Gasteiger partial charge in [0.1, 0.15) is 23.5 Å². The van der Waals surface area contributed by atoms with Crippen molar-refractivity contribution in [2.45, 2.75) is 39.0 Å². The average Bonchev–Trinajstić information content (AvgIpc) is 3.32. The zero-order chi connectivity index (χ0) is 27.4. The smallest absolute Gasteiger partial charge is 0.267 e. The lowest BCUT2D eigenvalue weighted by Crippen LogP contribution is -2.31. The number of halogens is 1. The molecule has 0 aliphatic carbocycles. The summed E-state index contributed by atoms with van der Waals surface area (Å²) in [6.45, 7) is 7.61. The van der Waals surface area contributed by atoms with Crippen LogP contribution in [-0.2, 0) is 11.8 Å². The molecule has 0 bridgehead atoms. The van der Waals surface area contributed by atoms with Crippen LogP contribution in [0.3, 0.4) is 0 Å². The largest absolute Gasteiger partial charge is 0.349 e. The molecule has 0 atom stereocenters. The maximum Gasteiger partial charge on any atom is 0.267 e. The summed E-state index contributed by atoms with van der Waals surface area (Å²) >= 11 is 0. The SMILES string of the molecule is CN(C)CCNC(=O)c1cc2c(-c3ccc(CCC(=O)c4ccc(C(C)(C)C)cc4)c(F)c3)ncnc2[nH]1. The van der Waals surface area contributed by atoms with Crippen molar-refractivity contribution in [1.29, 1.82) is 0 Å². The van der Waals surface area contributed by atoms with E-state index >= 15 is 4.39 Å². The monoisotopic (exact) mass is 515 g/mol. The van der Waals surface area contributed by atoms with Crippen LogP contribution >= 0.6 is 0 Å². The lowest BCUT2D eigenvalue weighted by molar-refractivity contribution is 0.0945. The molecule has 0 saturated carbocycles. The lowest BCUT2D eigenvalue weighted by atomic mass is 9.86. The third-order valence-electron chi connectivity index (χ3n) is 6.54. The molecule has 1 amide bonds. The predicted molar refractivity (Wildman–Crippen MR) is 148 cm³/mol. The number of aryl methyl sites for hydroxylation is 1. The lowest BCUT2D eigenvalue weighted by Gasteiger charge is -2.19. The van der Waals surface area contributed by atoms with Crippen molar-refractivity contribution in [3.63, 3.8) is 0 Å². The first kappa shape index (κ1) is 27.1. The fourth-order valence-electron chi connectivity index (χ4n) is 4.23. The first-order valence-electron chi connectivity index (χ1n) is 12.7. The third kappa shape index (κ3) is 6.31. The molecular formula is C30H34FN5O2. The molecule has 0 radical (unpaired) electrons. The zero-order valence-electron chi connectivity index (χ0n) is 22.6. The molecule has 2 heterocycles. The second-order valence-corrected chi connectivity index (χ2v) is 10.8. The highest BCUT2D eigenvalue weighted by atomic mass is 19.1. The Labute approximate surface area is 222 Å². The molecule has 0 aliphatic rings. The van der Waals surface area contributed by atoms with E-state index in [0.29, 0.717) is 52.1 Å². The Kier molecular flexibility index (Phi) is 8.02. The van der Waals surface area contributed by atoms with Gasteiger partial charge < -0.3 is 15.2 Å². The van der Waals surface area contributed by atoms with E-state index in [4.69, 9.17) is 0 Å². The van der Waals surface area contributed by atoms with Crippen LogP contribution in [0.4, 0.5) is 4.39 Å². The molecule has 4 rings (SSSR count). The summed E-state index contributed by atoms with van der Waals surface area (Å²) in [6, 6.07) is 14.2. The average molecular weight is 516 g/mol. The molecule has 2 N–H and O–H groups in total. The number of nitrogens with zero attached hydrogens (tertiary/aromatic N) is 3. The van der Waals surface area contributed by atoms with Gasteiger partial charge in [0.15, 0.2) is 5.78 Å². The maximum atomic E-state index is 15.1. The number of carbonyl (C=O) groups excluding carboxylic acids is 2. The Balaban J connectivity index is 1.47.